The van der Waals surface area contributed by atoms with E-state index in [0.29, 0.717) is 0 Å². The second-order valence-electron chi connectivity index (χ2n) is 6.29. The van der Waals surface area contributed by atoms with Gasteiger partial charge < -0.3 is 15.2 Å². The van der Waals surface area contributed by atoms with Crippen LogP contribution in [0.5, 0.6) is 0 Å². The third-order valence-electron chi connectivity index (χ3n) is 3.23. The number of nitrogens with one attached hydrogen (secondary N) is 1. The van der Waals surface area contributed by atoms with Gasteiger partial charge in [0, 0.05) is 12.0 Å². The van der Waals surface area contributed by atoms with E-state index in [0.717, 1.165) is 18.1 Å². The number of carbonyl (C=O) groups is 2. The molecule has 0 bridgehead atoms. The van der Waals surface area contributed by atoms with Gasteiger partial charge in [-0.25, -0.2) is 9.59 Å². The van der Waals surface area contributed by atoms with Crippen LogP contribution in [-0.4, -0.2) is 28.8 Å². The van der Waals surface area contributed by atoms with E-state index in [1.165, 1.54) is 6.08 Å². The van der Waals surface area contributed by atoms with Crippen molar-refractivity contribution in [3.05, 3.63) is 48.0 Å². The number of amides is 1. The van der Waals surface area contributed by atoms with Crippen molar-refractivity contribution in [2.24, 2.45) is 0 Å². The Hall–Kier alpha value is -2.30. The Kier molecular flexibility index (Phi) is 6.82. The summed E-state index contributed by atoms with van der Waals surface area (Å²) in [6, 6.07) is 9.22. The summed E-state index contributed by atoms with van der Waals surface area (Å²) in [5.41, 5.74) is 0.422. The minimum Gasteiger partial charge on any atom is -0.478 e. The van der Waals surface area contributed by atoms with Crippen molar-refractivity contribution >= 4 is 12.1 Å². The summed E-state index contributed by atoms with van der Waals surface area (Å²) < 4.78 is 5.27. The summed E-state index contributed by atoms with van der Waals surface area (Å²) in [7, 11) is 0. The van der Waals surface area contributed by atoms with Gasteiger partial charge in [0.15, 0.2) is 0 Å². The van der Waals surface area contributed by atoms with Crippen LogP contribution in [0, 0.1) is 0 Å². The summed E-state index contributed by atoms with van der Waals surface area (Å²) in [5, 5.41) is 11.6. The average molecular weight is 319 g/mol. The molecule has 1 aromatic carbocycles. The van der Waals surface area contributed by atoms with Crippen LogP contribution in [0.3, 0.4) is 0 Å². The summed E-state index contributed by atoms with van der Waals surface area (Å²) >= 11 is 0. The van der Waals surface area contributed by atoms with Gasteiger partial charge in [0.2, 0.25) is 0 Å². The molecule has 0 aromatic heterocycles. The number of alkyl carbamates (subject to hydrolysis) is 1. The second-order valence-corrected chi connectivity index (χ2v) is 6.29. The Balaban J connectivity index is 2.99. The van der Waals surface area contributed by atoms with Crippen LogP contribution in [0.15, 0.2) is 42.5 Å². The Morgan fingerprint density at radius 3 is 2.35 bits per heavy atom. The molecule has 5 nitrogen and oxygen atoms in total. The van der Waals surface area contributed by atoms with Crippen LogP contribution in [-0.2, 0) is 9.53 Å². The first kappa shape index (κ1) is 18.7. The van der Waals surface area contributed by atoms with E-state index in [-0.39, 0.29) is 5.92 Å². The summed E-state index contributed by atoms with van der Waals surface area (Å²) in [4.78, 5) is 22.9. The average Bonchev–Trinajstić information content (AvgIpc) is 2.44. The van der Waals surface area contributed by atoms with Gasteiger partial charge in [-0.2, -0.15) is 0 Å². The number of carbonyl (C=O) groups excluding carboxylic acids is 1. The predicted octanol–water partition coefficient (Wildman–Crippen LogP) is 3.71. The van der Waals surface area contributed by atoms with Crippen molar-refractivity contribution in [2.45, 2.75) is 51.7 Å². The molecular weight excluding hydrogens is 294 g/mol. The molecular formula is C18H25NO4. The molecule has 0 heterocycles. The zero-order valence-electron chi connectivity index (χ0n) is 14.1. The van der Waals surface area contributed by atoms with Crippen molar-refractivity contribution in [1.82, 2.24) is 5.32 Å². The number of carboxylic acid groups (broad SMARTS) is 1. The van der Waals surface area contributed by atoms with Crippen molar-refractivity contribution < 1.29 is 19.4 Å². The van der Waals surface area contributed by atoms with Gasteiger partial charge in [-0.15, -0.1) is 0 Å². The number of ether oxygens (including phenoxy) is 1. The fourth-order valence-corrected chi connectivity index (χ4v) is 2.31. The van der Waals surface area contributed by atoms with Crippen molar-refractivity contribution in [1.29, 1.82) is 0 Å². The lowest BCUT2D eigenvalue weighted by Crippen LogP contribution is -2.41. The highest BCUT2D eigenvalue weighted by atomic mass is 16.6. The Morgan fingerprint density at radius 2 is 1.87 bits per heavy atom. The van der Waals surface area contributed by atoms with Crippen LogP contribution < -0.4 is 5.32 Å². The predicted molar refractivity (Wildman–Crippen MR) is 89.4 cm³/mol. The first-order chi connectivity index (χ1) is 10.7. The van der Waals surface area contributed by atoms with E-state index >= 15 is 0 Å². The highest BCUT2D eigenvalue weighted by Gasteiger charge is 2.24. The molecule has 1 aromatic rings. The molecule has 0 aliphatic rings. The third kappa shape index (κ3) is 7.00. The maximum atomic E-state index is 12.1. The topological polar surface area (TPSA) is 75.6 Å². The molecule has 1 rings (SSSR count). The minimum absolute atomic E-state index is 0.0423. The molecule has 0 saturated carbocycles. The fraction of sp³-hybridized carbons (Fsp3) is 0.444. The lowest BCUT2D eigenvalue weighted by Gasteiger charge is -2.27. The first-order valence-corrected chi connectivity index (χ1v) is 7.68. The second kappa shape index (κ2) is 8.36. The molecule has 0 aliphatic carbocycles. The number of rotatable bonds is 6. The molecule has 1 amide bonds. The van der Waals surface area contributed by atoms with E-state index in [9.17, 15) is 9.59 Å². The number of carboxylic acids is 1. The minimum atomic E-state index is -1.05. The maximum Gasteiger partial charge on any atom is 0.408 e. The van der Waals surface area contributed by atoms with E-state index in [1.54, 1.807) is 20.8 Å². The summed E-state index contributed by atoms with van der Waals surface area (Å²) in [6.07, 6.45) is 2.72. The monoisotopic (exact) mass is 319 g/mol. The summed E-state index contributed by atoms with van der Waals surface area (Å²) in [5.74, 6) is -1.09. The van der Waals surface area contributed by atoms with Gasteiger partial charge in [-0.1, -0.05) is 43.3 Å². The van der Waals surface area contributed by atoms with Gasteiger partial charge in [-0.3, -0.25) is 0 Å². The van der Waals surface area contributed by atoms with E-state index in [4.69, 9.17) is 9.84 Å². The van der Waals surface area contributed by atoms with Crippen LogP contribution >= 0.6 is 0 Å². The molecule has 1 unspecified atom stereocenters. The highest BCUT2D eigenvalue weighted by molar-refractivity contribution is 5.80. The lowest BCUT2D eigenvalue weighted by atomic mass is 9.89. The Bertz CT molecular complexity index is 546. The molecule has 5 heteroatoms. The van der Waals surface area contributed by atoms with Crippen LogP contribution in [0.1, 0.15) is 45.6 Å². The largest absolute Gasteiger partial charge is 0.478 e. The molecule has 2 N–H and O–H groups in total. The quantitative estimate of drug-likeness (QED) is 0.784. The van der Waals surface area contributed by atoms with E-state index in [2.05, 4.69) is 5.32 Å². The van der Waals surface area contributed by atoms with E-state index in [1.807, 2.05) is 37.3 Å². The van der Waals surface area contributed by atoms with Gasteiger partial charge >= 0.3 is 12.1 Å². The van der Waals surface area contributed by atoms with Gasteiger partial charge in [-0.05, 0) is 32.8 Å². The number of benzene rings is 1. The standard InChI is InChI=1S/C18H25NO4/c1-5-14(13-9-7-6-8-10-13)15(11-12-16(20)21)19-17(22)23-18(2,3)4/h6-12,14-15H,5H2,1-4H3,(H,19,22)(H,20,21)/b12-11+/t14?,15-/m0/s1. The van der Waals surface area contributed by atoms with Gasteiger partial charge in [0.05, 0.1) is 6.04 Å². The van der Waals surface area contributed by atoms with Crippen molar-refractivity contribution in [3.63, 3.8) is 0 Å². The van der Waals surface area contributed by atoms with Crippen molar-refractivity contribution in [2.75, 3.05) is 0 Å². The Morgan fingerprint density at radius 1 is 1.26 bits per heavy atom. The SMILES string of the molecule is CCC(c1ccccc1)[C@H](/C=C/C(=O)O)NC(=O)OC(C)(C)C. The highest BCUT2D eigenvalue weighted by Crippen LogP contribution is 2.24. The van der Waals surface area contributed by atoms with Crippen LogP contribution in [0.25, 0.3) is 0 Å². The zero-order chi connectivity index (χ0) is 17.5. The van der Waals surface area contributed by atoms with Crippen LogP contribution in [0.2, 0.25) is 0 Å². The molecule has 126 valence electrons. The molecule has 0 spiro atoms. The molecule has 23 heavy (non-hydrogen) atoms. The van der Waals surface area contributed by atoms with Gasteiger partial charge in [0.25, 0.3) is 0 Å². The smallest absolute Gasteiger partial charge is 0.408 e. The maximum absolute atomic E-state index is 12.1. The molecule has 0 fully saturated rings. The molecule has 0 radical (unpaired) electrons. The number of hydrogen-bond acceptors (Lipinski definition) is 3. The zero-order valence-corrected chi connectivity index (χ0v) is 14.1. The summed E-state index contributed by atoms with van der Waals surface area (Å²) in [6.45, 7) is 7.34. The van der Waals surface area contributed by atoms with Crippen molar-refractivity contribution in [3.8, 4) is 0 Å². The lowest BCUT2D eigenvalue weighted by molar-refractivity contribution is -0.131. The molecule has 0 saturated heterocycles. The van der Waals surface area contributed by atoms with Crippen LogP contribution in [0.4, 0.5) is 4.79 Å². The Labute approximate surface area is 137 Å². The molecule has 2 atom stereocenters. The molecule has 0 aliphatic heterocycles. The number of aliphatic carboxylic acids is 1. The first-order valence-electron chi connectivity index (χ1n) is 7.68. The van der Waals surface area contributed by atoms with Gasteiger partial charge in [0.1, 0.15) is 5.60 Å². The fourth-order valence-electron chi connectivity index (χ4n) is 2.31. The normalized spacial score (nSPS) is 14.3. The third-order valence-corrected chi connectivity index (χ3v) is 3.23. The van der Waals surface area contributed by atoms with E-state index < -0.39 is 23.7 Å². The number of hydrogen-bond donors (Lipinski definition) is 2.